The summed E-state index contributed by atoms with van der Waals surface area (Å²) in [4.78, 5) is 19.8. The molecule has 0 aliphatic carbocycles. The van der Waals surface area contributed by atoms with Crippen molar-refractivity contribution in [3.8, 4) is 6.07 Å². The third kappa shape index (κ3) is 5.92. The summed E-state index contributed by atoms with van der Waals surface area (Å²) >= 11 is 0. The van der Waals surface area contributed by atoms with E-state index in [1.165, 1.54) is 25.9 Å². The second-order valence-electron chi connectivity index (χ2n) is 11.0. The molecular weight excluding hydrogens is 480 g/mol. The zero-order valence-corrected chi connectivity index (χ0v) is 23.1. The van der Waals surface area contributed by atoms with Crippen LogP contribution < -0.4 is 0 Å². The molecule has 5 rings (SSSR count). The average molecular weight is 519 g/mol. The van der Waals surface area contributed by atoms with Crippen LogP contribution in [0.3, 0.4) is 0 Å². The maximum atomic E-state index is 13.3. The first-order valence-electron chi connectivity index (χ1n) is 14.1. The molecule has 0 radical (unpaired) electrons. The van der Waals surface area contributed by atoms with E-state index in [1.54, 1.807) is 0 Å². The number of nitriles is 1. The summed E-state index contributed by atoms with van der Waals surface area (Å²) < 4.78 is 0. The second-order valence-corrected chi connectivity index (χ2v) is 11.0. The van der Waals surface area contributed by atoms with Gasteiger partial charge in [0.15, 0.2) is 0 Å². The molecule has 39 heavy (non-hydrogen) atoms. The normalized spacial score (nSPS) is 19.7. The van der Waals surface area contributed by atoms with Gasteiger partial charge in [-0.25, -0.2) is 0 Å². The zero-order valence-electron chi connectivity index (χ0n) is 23.1. The lowest BCUT2D eigenvalue weighted by atomic mass is 9.79. The van der Waals surface area contributed by atoms with Crippen LogP contribution in [0, 0.1) is 23.2 Å². The molecule has 2 saturated heterocycles. The Morgan fingerprint density at radius 3 is 2.08 bits per heavy atom. The maximum absolute atomic E-state index is 13.3. The molecule has 200 valence electrons. The highest BCUT2D eigenvalue weighted by molar-refractivity contribution is 5.95. The average Bonchev–Trinajstić information content (AvgIpc) is 2.99. The van der Waals surface area contributed by atoms with Gasteiger partial charge >= 0.3 is 0 Å². The molecular formula is C34H38N4O. The van der Waals surface area contributed by atoms with Crippen molar-refractivity contribution in [1.82, 2.24) is 14.7 Å². The fraction of sp³-hybridized carbons (Fsp3) is 0.353. The quantitative estimate of drug-likeness (QED) is 0.451. The number of benzene rings is 2. The van der Waals surface area contributed by atoms with E-state index < -0.39 is 0 Å². The fourth-order valence-electron chi connectivity index (χ4n) is 6.15. The number of allylic oxidation sites excluding steroid dienone is 4. The van der Waals surface area contributed by atoms with Crippen LogP contribution in [0.4, 0.5) is 0 Å². The molecule has 3 aliphatic heterocycles. The van der Waals surface area contributed by atoms with Crippen LogP contribution in [-0.2, 0) is 0 Å². The Bertz CT molecular complexity index is 1330. The van der Waals surface area contributed by atoms with Crippen molar-refractivity contribution in [3.63, 3.8) is 0 Å². The van der Waals surface area contributed by atoms with Gasteiger partial charge in [-0.2, -0.15) is 5.26 Å². The molecule has 0 aromatic heterocycles. The van der Waals surface area contributed by atoms with Gasteiger partial charge in [0.2, 0.25) is 0 Å². The van der Waals surface area contributed by atoms with Crippen molar-refractivity contribution in [2.45, 2.75) is 32.6 Å². The Hall–Kier alpha value is -3.88. The van der Waals surface area contributed by atoms with E-state index in [0.29, 0.717) is 5.56 Å². The molecule has 5 nitrogen and oxygen atoms in total. The van der Waals surface area contributed by atoms with Gasteiger partial charge in [0.1, 0.15) is 0 Å². The minimum absolute atomic E-state index is 0.142. The van der Waals surface area contributed by atoms with Gasteiger partial charge in [0.05, 0.1) is 11.6 Å². The number of amides is 1. The van der Waals surface area contributed by atoms with Crippen LogP contribution in [0.1, 0.15) is 59.7 Å². The molecule has 2 fully saturated rings. The van der Waals surface area contributed by atoms with Gasteiger partial charge in [-0.3, -0.25) is 4.79 Å². The highest BCUT2D eigenvalue weighted by Gasteiger charge is 2.30. The minimum Gasteiger partial charge on any atom is -0.339 e. The number of hydrogen-bond acceptors (Lipinski definition) is 4. The van der Waals surface area contributed by atoms with E-state index in [1.807, 2.05) is 66.4 Å². The Kier molecular flexibility index (Phi) is 8.14. The molecule has 3 aliphatic rings. The van der Waals surface area contributed by atoms with Gasteiger partial charge in [-0.15, -0.1) is 0 Å². The lowest BCUT2D eigenvalue weighted by Gasteiger charge is -2.39. The molecule has 2 aromatic carbocycles. The van der Waals surface area contributed by atoms with E-state index in [0.717, 1.165) is 71.4 Å². The lowest BCUT2D eigenvalue weighted by molar-refractivity contribution is 0.0615. The Balaban J connectivity index is 1.24. The third-order valence-corrected chi connectivity index (χ3v) is 8.60. The Morgan fingerprint density at radius 1 is 0.897 bits per heavy atom. The lowest BCUT2D eigenvalue weighted by Crippen LogP contribution is -2.42. The highest BCUT2D eigenvalue weighted by atomic mass is 16.2. The standard InChI is InChI=1S/C34H38N4O/c1-4-33(30-9-6-26(23-35)7-10-30)38-24-32(8-5-25(38)2)27-11-13-31(14-12-27)34(39)37-21-17-29(18-22-37)28-15-19-36(3)20-16-28/h4-14,24,28-29H,2,15-22H2,1,3H3/b33-4-. The predicted molar refractivity (Wildman–Crippen MR) is 158 cm³/mol. The van der Waals surface area contributed by atoms with Crippen LogP contribution in [0.25, 0.3) is 11.3 Å². The van der Waals surface area contributed by atoms with Crippen LogP contribution in [-0.4, -0.2) is 53.8 Å². The monoisotopic (exact) mass is 518 g/mol. The molecule has 0 bridgehead atoms. The summed E-state index contributed by atoms with van der Waals surface area (Å²) in [6.45, 7) is 10.4. The van der Waals surface area contributed by atoms with Crippen molar-refractivity contribution in [2.75, 3.05) is 33.2 Å². The summed E-state index contributed by atoms with van der Waals surface area (Å²) in [6, 6.07) is 17.8. The summed E-state index contributed by atoms with van der Waals surface area (Å²) in [5.74, 6) is 1.73. The van der Waals surface area contributed by atoms with E-state index in [9.17, 15) is 4.79 Å². The Morgan fingerprint density at radius 2 is 1.49 bits per heavy atom. The molecule has 3 heterocycles. The van der Waals surface area contributed by atoms with Gasteiger partial charge in [-0.05, 0) is 112 Å². The van der Waals surface area contributed by atoms with Crippen molar-refractivity contribution in [1.29, 1.82) is 5.26 Å². The summed E-state index contributed by atoms with van der Waals surface area (Å²) in [6.07, 6.45) is 13.1. The first-order chi connectivity index (χ1) is 19.0. The maximum Gasteiger partial charge on any atom is 0.253 e. The van der Waals surface area contributed by atoms with Gasteiger partial charge in [-0.1, -0.05) is 43.0 Å². The number of carbonyl (C=O) groups excluding carboxylic acids is 1. The van der Waals surface area contributed by atoms with Crippen LogP contribution in [0.2, 0.25) is 0 Å². The molecule has 5 heteroatoms. The third-order valence-electron chi connectivity index (χ3n) is 8.60. The van der Waals surface area contributed by atoms with Crippen molar-refractivity contribution >= 4 is 17.2 Å². The van der Waals surface area contributed by atoms with Gasteiger partial charge in [0, 0.05) is 36.2 Å². The van der Waals surface area contributed by atoms with Crippen LogP contribution in [0.15, 0.2) is 85.2 Å². The molecule has 0 atom stereocenters. The molecule has 2 aromatic rings. The first kappa shape index (κ1) is 26.7. The largest absolute Gasteiger partial charge is 0.339 e. The Labute approximate surface area is 233 Å². The number of hydrogen-bond donors (Lipinski definition) is 0. The second kappa shape index (κ2) is 11.9. The van der Waals surface area contributed by atoms with Crippen molar-refractivity contribution in [2.24, 2.45) is 11.8 Å². The molecule has 0 N–H and O–H groups in total. The van der Waals surface area contributed by atoms with Crippen molar-refractivity contribution in [3.05, 3.63) is 107 Å². The van der Waals surface area contributed by atoms with Gasteiger partial charge in [0.25, 0.3) is 5.91 Å². The minimum atomic E-state index is 0.142. The number of likely N-dealkylation sites (tertiary alicyclic amines) is 2. The SMILES string of the molecule is C=C1C=CC(c2ccc(C(=O)N3CCC(C4CCN(C)CC4)CC3)cc2)=CN1/C(=C\C)c1ccc(C#N)cc1. The van der Waals surface area contributed by atoms with E-state index in [-0.39, 0.29) is 5.91 Å². The highest BCUT2D eigenvalue weighted by Crippen LogP contribution is 2.34. The smallest absolute Gasteiger partial charge is 0.253 e. The zero-order chi connectivity index (χ0) is 27.4. The fourth-order valence-corrected chi connectivity index (χ4v) is 6.15. The van der Waals surface area contributed by atoms with Crippen LogP contribution >= 0.6 is 0 Å². The predicted octanol–water partition coefficient (Wildman–Crippen LogP) is 6.54. The number of rotatable bonds is 5. The van der Waals surface area contributed by atoms with E-state index in [4.69, 9.17) is 5.26 Å². The number of nitrogens with zero attached hydrogens (tertiary/aromatic N) is 4. The van der Waals surface area contributed by atoms with E-state index >= 15 is 0 Å². The molecule has 1 amide bonds. The molecule has 0 spiro atoms. The first-order valence-corrected chi connectivity index (χ1v) is 14.1. The summed E-state index contributed by atoms with van der Waals surface area (Å²) in [5.41, 5.74) is 6.38. The number of carbonyl (C=O) groups is 1. The van der Waals surface area contributed by atoms with E-state index in [2.05, 4.69) is 47.8 Å². The summed E-state index contributed by atoms with van der Waals surface area (Å²) in [5, 5.41) is 9.14. The number of piperidine rings is 2. The molecule has 0 unspecified atom stereocenters. The topological polar surface area (TPSA) is 50.6 Å². The van der Waals surface area contributed by atoms with Crippen LogP contribution in [0.5, 0.6) is 0 Å². The van der Waals surface area contributed by atoms with Crippen molar-refractivity contribution < 1.29 is 4.79 Å². The van der Waals surface area contributed by atoms with Gasteiger partial charge < -0.3 is 14.7 Å². The summed E-state index contributed by atoms with van der Waals surface area (Å²) in [7, 11) is 2.22. The molecule has 0 saturated carbocycles.